The van der Waals surface area contributed by atoms with Crippen molar-refractivity contribution in [1.29, 1.82) is 0 Å². The fourth-order valence-electron chi connectivity index (χ4n) is 17.1. The van der Waals surface area contributed by atoms with Gasteiger partial charge in [0.15, 0.2) is 69.9 Å². The van der Waals surface area contributed by atoms with E-state index in [-0.39, 0.29) is 15.9 Å². The molecule has 27 rings (SSSR count). The molecule has 6 aliphatic heterocycles. The Balaban J connectivity index is 0.000000102. The first-order valence-electron chi connectivity index (χ1n) is 39.6. The van der Waals surface area contributed by atoms with Crippen LogP contribution in [0.5, 0.6) is 0 Å². The Kier molecular flexibility index (Phi) is 15.2. The Morgan fingerprint density at radius 2 is 0.298 bits per heavy atom. The van der Waals surface area contributed by atoms with Crippen LogP contribution in [0, 0.1) is 0 Å². The summed E-state index contributed by atoms with van der Waals surface area (Å²) in [6.45, 7) is 0. The third-order valence-corrected chi connectivity index (χ3v) is 23.6. The molecule has 124 heavy (non-hydrogen) atoms. The van der Waals surface area contributed by atoms with Gasteiger partial charge in [0.2, 0.25) is 0 Å². The van der Waals surface area contributed by atoms with E-state index < -0.39 is 10.1 Å². The molecule has 0 unspecified atom stereocenters. The van der Waals surface area contributed by atoms with Crippen LogP contribution in [-0.4, -0.2) is 133 Å². The van der Waals surface area contributed by atoms with Crippen LogP contribution in [0.25, 0.3) is 269 Å². The SMILES string of the molecule is O=S(=O)(O)c1cccc2c3nc4nc(nc5[nH]c(nc6nc(nc([nH]3)c12)-c1ccccc1-6)c1ccccc51)-c1ccccc1-4.c1ccc2c(c1)-c1nc-2nc2[nH]c(nc3nc(nc4[nH]c(n1)c1ccccc41)-c1ccccc1-3)c1ccccc21.c1ccc2c(c1)-c1nc-2nc2[nH]c(nc3nc(nc4[nH]c(n1)c1ccccc41)-c1ccccc1-3)c1ccccc21. The molecule has 0 radical (unpaired) electrons. The van der Waals surface area contributed by atoms with Crippen molar-refractivity contribution in [2.24, 2.45) is 0 Å². The quantitative estimate of drug-likeness (QED) is 0.0751. The van der Waals surface area contributed by atoms with E-state index in [1.807, 2.05) is 267 Å². The predicted octanol–water partition coefficient (Wildman–Crippen LogP) is 19.9. The van der Waals surface area contributed by atoms with Crippen molar-refractivity contribution >= 4 is 143 Å². The summed E-state index contributed by atoms with van der Waals surface area (Å²) in [6, 6.07) is 92.1. The zero-order valence-electron chi connectivity index (χ0n) is 64.4. The third-order valence-electron chi connectivity index (χ3n) is 22.7. The number of nitrogens with one attached hydrogen (secondary N) is 6. The van der Waals surface area contributed by atoms with Gasteiger partial charge in [0.1, 0.15) is 72.7 Å². The number of H-pyrrole nitrogens is 6. The Labute approximate surface area is 697 Å². The summed E-state index contributed by atoms with van der Waals surface area (Å²) >= 11 is 0. The molecule has 27 nitrogen and oxygen atoms in total. The lowest BCUT2D eigenvalue weighted by Gasteiger charge is -1.99. The number of hydrogen-bond donors (Lipinski definition) is 7. The molecule has 6 aliphatic rings. The first-order valence-corrected chi connectivity index (χ1v) is 41.1. The zero-order valence-corrected chi connectivity index (χ0v) is 65.2. The molecule has 12 aromatic carbocycles. The molecule has 0 fully saturated rings. The van der Waals surface area contributed by atoms with Crippen LogP contribution >= 0.6 is 0 Å². The number of rotatable bonds is 1. The number of hydrogen-bond acceptors (Lipinski definition) is 20. The first kappa shape index (κ1) is 69.7. The highest BCUT2D eigenvalue weighted by atomic mass is 32.2. The lowest BCUT2D eigenvalue weighted by Crippen LogP contribution is -1.98. The molecule has 0 saturated heterocycles. The average Bonchev–Trinajstić information content (AvgIpc) is 1.58. The van der Waals surface area contributed by atoms with Crippen molar-refractivity contribution in [3.05, 3.63) is 285 Å². The van der Waals surface area contributed by atoms with E-state index in [0.717, 1.165) is 121 Å². The van der Waals surface area contributed by atoms with E-state index in [1.165, 1.54) is 6.07 Å². The van der Waals surface area contributed by atoms with E-state index in [2.05, 4.69) is 29.9 Å². The van der Waals surface area contributed by atoms with Crippen molar-refractivity contribution in [3.8, 4) is 137 Å². The van der Waals surface area contributed by atoms with Crippen molar-refractivity contribution in [2.75, 3.05) is 0 Å². The maximum atomic E-state index is 12.5. The Hall–Kier alpha value is -17.4. The molecule has 0 spiro atoms. The van der Waals surface area contributed by atoms with Crippen molar-refractivity contribution < 1.29 is 13.0 Å². The second-order valence-electron chi connectivity index (χ2n) is 30.0. The van der Waals surface area contributed by atoms with Gasteiger partial charge < -0.3 is 29.9 Å². The largest absolute Gasteiger partial charge is 0.324 e. The zero-order chi connectivity index (χ0) is 82.0. The molecule has 582 valence electrons. The predicted molar refractivity (Wildman–Crippen MR) is 478 cm³/mol. The smallest absolute Gasteiger partial charge is 0.295 e. The minimum absolute atomic E-state index is 0.169. The van der Waals surface area contributed by atoms with Gasteiger partial charge in [0.25, 0.3) is 10.1 Å². The molecule has 24 bridgehead atoms. The minimum atomic E-state index is -4.62. The second-order valence-corrected chi connectivity index (χ2v) is 31.4. The standard InChI is InChI=1S/C32H18N8O3S.2C32H18N8/c41-44(42,43)23-15-7-14-22-24(23)32-39-30-21-13-6-5-12-20(21)28(37-30)35-26-17-9-2-1-8-16(17)25(33-26)34-27-18-10-3-4-11-19(18)29(36-27)38-31(22)40-32;2*1-2-10-18-17(9-1)25-33-26(18)38-28-21-13-5-6-14-22(21)30(35-28)40-32-24-16-8-7-15-23(24)31(36-32)39-29-20-12-4-3-11-19(20)27(34-29)37-25/h1-15H,(H,41,42,43)(H2,33,34,35,36,37,38,39,40);2*1-16H,(H2,33,34,35,36,37,38,39,40). The van der Waals surface area contributed by atoms with Gasteiger partial charge in [-0.3, -0.25) is 4.55 Å². The summed E-state index contributed by atoms with van der Waals surface area (Å²) in [4.78, 5) is 109. The van der Waals surface area contributed by atoms with Gasteiger partial charge >= 0.3 is 0 Å². The van der Waals surface area contributed by atoms with Gasteiger partial charge in [-0.25, -0.2) is 89.7 Å². The maximum absolute atomic E-state index is 12.5. The number of aromatic amines is 6. The summed E-state index contributed by atoms with van der Waals surface area (Å²) in [7, 11) is -4.62. The molecular weight excluding hydrogens is 1570 g/mol. The van der Waals surface area contributed by atoms with Crippen LogP contribution in [0.1, 0.15) is 0 Å². The number of benzene rings is 12. The highest BCUT2D eigenvalue weighted by Gasteiger charge is 2.29. The van der Waals surface area contributed by atoms with Gasteiger partial charge in [0.05, 0.1) is 0 Å². The second kappa shape index (κ2) is 27.1. The van der Waals surface area contributed by atoms with Gasteiger partial charge in [-0.15, -0.1) is 0 Å². The molecule has 0 saturated carbocycles. The molecule has 7 N–H and O–H groups in total. The lowest BCUT2D eigenvalue weighted by molar-refractivity contribution is 0.484. The maximum Gasteiger partial charge on any atom is 0.295 e. The Morgan fingerprint density at radius 1 is 0.161 bits per heavy atom. The van der Waals surface area contributed by atoms with Crippen LogP contribution in [0.15, 0.2) is 290 Å². The van der Waals surface area contributed by atoms with Crippen LogP contribution < -0.4 is 0 Å². The van der Waals surface area contributed by atoms with E-state index in [4.69, 9.17) is 89.7 Å². The summed E-state index contributed by atoms with van der Waals surface area (Å²) in [5.74, 6) is 6.38. The number of fused-ring (bicyclic) bond motifs is 60. The van der Waals surface area contributed by atoms with E-state index in [1.54, 1.807) is 12.1 Å². The fourth-order valence-corrected chi connectivity index (χ4v) is 17.8. The summed E-state index contributed by atoms with van der Waals surface area (Å²) in [5, 5.41) is 10.00. The molecular formula is C96H54N24O3S. The van der Waals surface area contributed by atoms with Crippen molar-refractivity contribution in [3.63, 3.8) is 0 Å². The topological polar surface area (TPSA) is 381 Å². The van der Waals surface area contributed by atoms with Crippen LogP contribution in [0.4, 0.5) is 0 Å². The number of nitrogens with zero attached hydrogens (tertiary/aromatic N) is 18. The van der Waals surface area contributed by atoms with Crippen molar-refractivity contribution in [2.45, 2.75) is 4.90 Å². The van der Waals surface area contributed by atoms with Gasteiger partial charge in [-0.2, -0.15) is 8.42 Å². The first-order chi connectivity index (χ1) is 61.0. The van der Waals surface area contributed by atoms with E-state index >= 15 is 0 Å². The molecule has 28 heteroatoms. The van der Waals surface area contributed by atoms with Gasteiger partial charge in [-0.05, 0) is 6.07 Å². The van der Waals surface area contributed by atoms with Crippen LogP contribution in [0.2, 0.25) is 0 Å². The molecule has 0 atom stereocenters. The molecule has 9 aromatic heterocycles. The average molecular weight is 1620 g/mol. The summed E-state index contributed by atoms with van der Waals surface area (Å²) in [6.07, 6.45) is 0. The monoisotopic (exact) mass is 1620 g/mol. The molecule has 0 aliphatic carbocycles. The summed E-state index contributed by atoms with van der Waals surface area (Å²) < 4.78 is 35.2. The highest BCUT2D eigenvalue weighted by molar-refractivity contribution is 7.86. The van der Waals surface area contributed by atoms with Crippen LogP contribution in [-0.2, 0) is 10.1 Å². The normalized spacial score (nSPS) is 12.1. The van der Waals surface area contributed by atoms with Gasteiger partial charge in [-0.1, -0.05) is 279 Å². The van der Waals surface area contributed by atoms with Gasteiger partial charge in [0, 0.05) is 131 Å². The molecule has 21 aromatic rings. The lowest BCUT2D eigenvalue weighted by atomic mass is 10.1. The minimum Gasteiger partial charge on any atom is -0.324 e. The van der Waals surface area contributed by atoms with Crippen LogP contribution in [0.3, 0.4) is 0 Å². The molecule has 15 heterocycles. The fraction of sp³-hybridized carbons (Fsp3) is 0. The van der Waals surface area contributed by atoms with Crippen molar-refractivity contribution in [1.82, 2.24) is 120 Å². The number of aromatic nitrogens is 24. The summed E-state index contributed by atoms with van der Waals surface area (Å²) in [5.41, 5.74) is 17.6. The Bertz CT molecular complexity index is 8020. The van der Waals surface area contributed by atoms with E-state index in [9.17, 15) is 13.0 Å². The third kappa shape index (κ3) is 11.3. The Morgan fingerprint density at radius 3 is 0.468 bits per heavy atom. The molecule has 0 amide bonds. The van der Waals surface area contributed by atoms with E-state index in [0.29, 0.717) is 137 Å². The highest BCUT2D eigenvalue weighted by Crippen LogP contribution is 2.43.